The Kier molecular flexibility index (Phi) is 6.55. The third-order valence-electron chi connectivity index (χ3n) is 5.70. The van der Waals surface area contributed by atoms with Gasteiger partial charge in [-0.05, 0) is 48.9 Å². The Hall–Kier alpha value is -4.72. The Labute approximate surface area is 213 Å². The molecule has 0 unspecified atom stereocenters. The smallest absolute Gasteiger partial charge is 0.309 e. The van der Waals surface area contributed by atoms with E-state index >= 15 is 0 Å². The van der Waals surface area contributed by atoms with Crippen molar-refractivity contribution >= 4 is 17.6 Å². The molecule has 0 amide bonds. The van der Waals surface area contributed by atoms with Crippen molar-refractivity contribution in [3.8, 4) is 22.9 Å². The number of hydrogen-bond donors (Lipinski definition) is 0. The molecule has 3 aromatic heterocycles. The van der Waals surface area contributed by atoms with Gasteiger partial charge in [-0.15, -0.1) is 0 Å². The number of hydrogen-bond acceptors (Lipinski definition) is 7. The van der Waals surface area contributed by atoms with Gasteiger partial charge in [-0.25, -0.2) is 9.97 Å². The first-order valence-corrected chi connectivity index (χ1v) is 11.8. The fourth-order valence-corrected chi connectivity index (χ4v) is 4.15. The van der Waals surface area contributed by atoms with Gasteiger partial charge in [-0.3, -0.25) is 14.0 Å². The summed E-state index contributed by atoms with van der Waals surface area (Å²) in [7, 11) is 0. The summed E-state index contributed by atoms with van der Waals surface area (Å²) in [5.74, 6) is 1.44. The van der Waals surface area contributed by atoms with Crippen molar-refractivity contribution in [2.75, 3.05) is 0 Å². The van der Waals surface area contributed by atoms with E-state index in [4.69, 9.17) is 23.9 Å². The number of esters is 2. The van der Waals surface area contributed by atoms with Crippen molar-refractivity contribution in [2.45, 2.75) is 33.6 Å². The highest BCUT2D eigenvalue weighted by Crippen LogP contribution is 2.30. The van der Waals surface area contributed by atoms with E-state index in [9.17, 15) is 9.59 Å². The van der Waals surface area contributed by atoms with E-state index in [1.807, 2.05) is 61.5 Å². The highest BCUT2D eigenvalue weighted by atomic mass is 16.5. The molecule has 5 aromatic rings. The first-order chi connectivity index (χ1) is 17.9. The Morgan fingerprint density at radius 3 is 2.22 bits per heavy atom. The number of aryl methyl sites for hydroxylation is 1. The van der Waals surface area contributed by atoms with Gasteiger partial charge in [0.05, 0.1) is 17.8 Å². The van der Waals surface area contributed by atoms with Crippen LogP contribution < -0.4 is 9.47 Å². The molecule has 0 aliphatic heterocycles. The minimum absolute atomic E-state index is 0.325. The largest absolute Gasteiger partial charge is 0.466 e. The molecule has 0 spiro atoms. The highest BCUT2D eigenvalue weighted by molar-refractivity contribution is 5.71. The molecule has 5 rings (SSSR count). The summed E-state index contributed by atoms with van der Waals surface area (Å²) in [5, 5.41) is 0. The normalized spacial score (nSPS) is 11.0. The van der Waals surface area contributed by atoms with E-state index in [-0.39, 0.29) is 5.97 Å². The van der Waals surface area contributed by atoms with Crippen LogP contribution in [0.4, 0.5) is 0 Å². The van der Waals surface area contributed by atoms with Gasteiger partial charge >= 0.3 is 11.9 Å². The molecule has 0 radical (unpaired) electrons. The predicted octanol–water partition coefficient (Wildman–Crippen LogP) is 5.33. The lowest BCUT2D eigenvalue weighted by atomic mass is 10.1. The monoisotopic (exact) mass is 495 g/mol. The van der Waals surface area contributed by atoms with Crippen LogP contribution in [0.2, 0.25) is 0 Å². The lowest BCUT2D eigenvalue weighted by Gasteiger charge is -2.10. The average Bonchev–Trinajstić information content (AvgIpc) is 3.43. The number of furan rings is 1. The highest BCUT2D eigenvalue weighted by Gasteiger charge is 2.21. The summed E-state index contributed by atoms with van der Waals surface area (Å²) >= 11 is 0. The molecule has 8 nitrogen and oxygen atoms in total. The SMILES string of the molecule is CC(=O)Oc1ccc(-c2cn3c(OC(C)=O)c(Cc4ccc(C)o4)nc3c(Cc3ccccc3)n2)cc1. The van der Waals surface area contributed by atoms with Crippen LogP contribution in [-0.4, -0.2) is 26.3 Å². The van der Waals surface area contributed by atoms with E-state index in [1.54, 1.807) is 22.7 Å². The number of fused-ring (bicyclic) bond motifs is 1. The van der Waals surface area contributed by atoms with Crippen molar-refractivity contribution in [2.24, 2.45) is 0 Å². The minimum Gasteiger partial charge on any atom is -0.466 e. The first kappa shape index (κ1) is 24.0. The molecule has 0 bridgehead atoms. The summed E-state index contributed by atoms with van der Waals surface area (Å²) in [6.45, 7) is 4.60. The Balaban J connectivity index is 1.66. The molecule has 37 heavy (non-hydrogen) atoms. The van der Waals surface area contributed by atoms with Crippen molar-refractivity contribution in [1.82, 2.24) is 14.4 Å². The van der Waals surface area contributed by atoms with E-state index in [1.165, 1.54) is 13.8 Å². The summed E-state index contributed by atoms with van der Waals surface area (Å²) < 4.78 is 18.4. The van der Waals surface area contributed by atoms with Crippen LogP contribution in [0, 0.1) is 6.92 Å². The average molecular weight is 496 g/mol. The quantitative estimate of drug-likeness (QED) is 0.222. The van der Waals surface area contributed by atoms with Crippen LogP contribution in [-0.2, 0) is 22.4 Å². The maximum absolute atomic E-state index is 12.1. The van der Waals surface area contributed by atoms with Crippen molar-refractivity contribution < 1.29 is 23.5 Å². The summed E-state index contributed by atoms with van der Waals surface area (Å²) in [6.07, 6.45) is 2.68. The number of carbonyl (C=O) groups is 2. The fourth-order valence-electron chi connectivity index (χ4n) is 4.15. The van der Waals surface area contributed by atoms with Gasteiger partial charge in [0.2, 0.25) is 5.88 Å². The second kappa shape index (κ2) is 10.1. The Morgan fingerprint density at radius 2 is 1.57 bits per heavy atom. The van der Waals surface area contributed by atoms with E-state index in [2.05, 4.69) is 0 Å². The molecule has 0 fully saturated rings. The van der Waals surface area contributed by atoms with E-state index in [0.29, 0.717) is 47.3 Å². The molecule has 2 aromatic carbocycles. The van der Waals surface area contributed by atoms with Crippen LogP contribution in [0.15, 0.2) is 77.3 Å². The van der Waals surface area contributed by atoms with Crippen molar-refractivity contribution in [1.29, 1.82) is 0 Å². The zero-order chi connectivity index (χ0) is 25.9. The van der Waals surface area contributed by atoms with Crippen molar-refractivity contribution in [3.05, 3.63) is 101 Å². The Morgan fingerprint density at radius 1 is 0.838 bits per heavy atom. The van der Waals surface area contributed by atoms with Gasteiger partial charge in [0.1, 0.15) is 23.0 Å². The number of carbonyl (C=O) groups excluding carboxylic acids is 2. The van der Waals surface area contributed by atoms with Gasteiger partial charge in [0, 0.05) is 32.0 Å². The molecule has 0 N–H and O–H groups in total. The maximum atomic E-state index is 12.1. The van der Waals surface area contributed by atoms with Gasteiger partial charge in [-0.1, -0.05) is 30.3 Å². The molecule has 186 valence electrons. The number of benzene rings is 2. The molecule has 0 atom stereocenters. The summed E-state index contributed by atoms with van der Waals surface area (Å²) in [6, 6.07) is 20.8. The van der Waals surface area contributed by atoms with Crippen LogP contribution >= 0.6 is 0 Å². The van der Waals surface area contributed by atoms with Gasteiger partial charge < -0.3 is 13.9 Å². The molecule has 0 saturated carbocycles. The van der Waals surface area contributed by atoms with Gasteiger partial charge in [0.15, 0.2) is 5.65 Å². The van der Waals surface area contributed by atoms with E-state index in [0.717, 1.165) is 22.6 Å². The fraction of sp³-hybridized carbons (Fsp3) is 0.172. The van der Waals surface area contributed by atoms with Gasteiger partial charge in [-0.2, -0.15) is 0 Å². The van der Waals surface area contributed by atoms with Crippen molar-refractivity contribution in [3.63, 3.8) is 0 Å². The number of imidazole rings is 1. The molecule has 3 heterocycles. The standard InChI is InChI=1S/C29H25N3O5/c1-18-9-12-24(35-18)16-26-29(37-20(3)34)32-17-27(22-10-13-23(14-11-22)36-19(2)33)30-25(28(32)31-26)15-21-7-5-4-6-8-21/h4-14,17H,15-16H2,1-3H3. The minimum atomic E-state index is -0.451. The molecule has 0 aliphatic rings. The third-order valence-corrected chi connectivity index (χ3v) is 5.70. The second-order valence-corrected chi connectivity index (χ2v) is 8.69. The van der Waals surface area contributed by atoms with E-state index < -0.39 is 5.97 Å². The first-order valence-electron chi connectivity index (χ1n) is 11.8. The maximum Gasteiger partial charge on any atom is 0.309 e. The number of ether oxygens (including phenoxy) is 2. The molecular formula is C29H25N3O5. The zero-order valence-electron chi connectivity index (χ0n) is 20.7. The molecule has 0 aliphatic carbocycles. The molecule has 0 saturated heterocycles. The lowest BCUT2D eigenvalue weighted by Crippen LogP contribution is -2.07. The number of aromatic nitrogens is 3. The van der Waals surface area contributed by atoms with Crippen LogP contribution in [0.25, 0.3) is 16.9 Å². The molecular weight excluding hydrogens is 470 g/mol. The third kappa shape index (κ3) is 5.43. The lowest BCUT2D eigenvalue weighted by molar-refractivity contribution is -0.133. The van der Waals surface area contributed by atoms with Gasteiger partial charge in [0.25, 0.3) is 0 Å². The van der Waals surface area contributed by atoms with Crippen LogP contribution in [0.3, 0.4) is 0 Å². The Bertz CT molecular complexity index is 1580. The molecule has 8 heteroatoms. The van der Waals surface area contributed by atoms with Crippen LogP contribution in [0.1, 0.15) is 42.3 Å². The zero-order valence-corrected chi connectivity index (χ0v) is 20.7. The van der Waals surface area contributed by atoms with Crippen LogP contribution in [0.5, 0.6) is 11.6 Å². The second-order valence-electron chi connectivity index (χ2n) is 8.69. The topological polar surface area (TPSA) is 95.9 Å². The predicted molar refractivity (Wildman–Crippen MR) is 137 cm³/mol. The number of rotatable bonds is 7. The summed E-state index contributed by atoms with van der Waals surface area (Å²) in [5.41, 5.74) is 4.42. The number of nitrogens with zero attached hydrogens (tertiary/aromatic N) is 3. The summed E-state index contributed by atoms with van der Waals surface area (Å²) in [4.78, 5) is 33.2.